The van der Waals surface area contributed by atoms with Crippen molar-refractivity contribution < 1.29 is 13.2 Å². The van der Waals surface area contributed by atoms with Gasteiger partial charge in [0.25, 0.3) is 0 Å². The second-order valence-corrected chi connectivity index (χ2v) is 5.18. The molecule has 1 saturated heterocycles. The van der Waals surface area contributed by atoms with Crippen LogP contribution >= 0.6 is 0 Å². The van der Waals surface area contributed by atoms with Gasteiger partial charge in [-0.1, -0.05) is 0 Å². The first kappa shape index (κ1) is 8.96. The van der Waals surface area contributed by atoms with Gasteiger partial charge in [0, 0.05) is 13.2 Å². The molecule has 1 aliphatic heterocycles. The largest absolute Gasteiger partial charge is 0.381 e. The minimum atomic E-state index is -3.41. The molecule has 0 aliphatic carbocycles. The Morgan fingerprint density at radius 3 is 2.09 bits per heavy atom. The monoisotopic (exact) mass is 179 g/mol. The number of rotatable bonds is 1. The Labute approximate surface area is 66.8 Å². The summed E-state index contributed by atoms with van der Waals surface area (Å²) in [5, 5.41) is 5.06. The number of sulfonamides is 1. The van der Waals surface area contributed by atoms with E-state index in [0.717, 1.165) is 0 Å². The zero-order valence-electron chi connectivity index (χ0n) is 6.54. The Kier molecular flexibility index (Phi) is 2.22. The van der Waals surface area contributed by atoms with Crippen molar-refractivity contribution >= 4 is 10.0 Å². The molecule has 66 valence electrons. The topological polar surface area (TPSA) is 69.4 Å². The van der Waals surface area contributed by atoms with Crippen molar-refractivity contribution in [1.82, 2.24) is 0 Å². The number of ether oxygens (including phenoxy) is 1. The zero-order chi connectivity index (χ0) is 8.54. The van der Waals surface area contributed by atoms with E-state index in [9.17, 15) is 8.42 Å². The third-order valence-electron chi connectivity index (χ3n) is 2.24. The first-order valence-corrected chi connectivity index (χ1v) is 5.10. The van der Waals surface area contributed by atoms with Crippen molar-refractivity contribution in [3.63, 3.8) is 0 Å². The summed E-state index contributed by atoms with van der Waals surface area (Å²) >= 11 is 0. The Morgan fingerprint density at radius 1 is 1.36 bits per heavy atom. The summed E-state index contributed by atoms with van der Waals surface area (Å²) in [6.07, 6.45) is 1.01. The highest BCUT2D eigenvalue weighted by atomic mass is 32.2. The highest BCUT2D eigenvalue weighted by Gasteiger charge is 2.37. The van der Waals surface area contributed by atoms with Gasteiger partial charge < -0.3 is 4.74 Å². The molecule has 0 atom stereocenters. The Morgan fingerprint density at radius 2 is 1.82 bits per heavy atom. The van der Waals surface area contributed by atoms with E-state index in [1.165, 1.54) is 0 Å². The van der Waals surface area contributed by atoms with Gasteiger partial charge in [-0.3, -0.25) is 0 Å². The van der Waals surface area contributed by atoms with Crippen molar-refractivity contribution in [3.8, 4) is 0 Å². The Hall–Kier alpha value is -0.130. The molecule has 11 heavy (non-hydrogen) atoms. The van der Waals surface area contributed by atoms with E-state index in [1.54, 1.807) is 6.92 Å². The quantitative estimate of drug-likeness (QED) is 0.608. The van der Waals surface area contributed by atoms with Gasteiger partial charge in [-0.2, -0.15) is 0 Å². The minimum absolute atomic E-state index is 0.493. The van der Waals surface area contributed by atoms with Crippen LogP contribution in [-0.4, -0.2) is 26.4 Å². The summed E-state index contributed by atoms with van der Waals surface area (Å²) in [5.41, 5.74) is 0. The van der Waals surface area contributed by atoms with Gasteiger partial charge >= 0.3 is 0 Å². The molecule has 0 aromatic rings. The summed E-state index contributed by atoms with van der Waals surface area (Å²) in [6, 6.07) is 0. The van der Waals surface area contributed by atoms with Crippen molar-refractivity contribution in [2.75, 3.05) is 13.2 Å². The van der Waals surface area contributed by atoms with E-state index in [4.69, 9.17) is 9.88 Å². The molecule has 1 fully saturated rings. The first-order chi connectivity index (χ1) is 4.96. The summed E-state index contributed by atoms with van der Waals surface area (Å²) in [5.74, 6) is 0. The zero-order valence-corrected chi connectivity index (χ0v) is 7.36. The van der Waals surface area contributed by atoms with Crippen molar-refractivity contribution in [2.45, 2.75) is 24.5 Å². The van der Waals surface area contributed by atoms with Gasteiger partial charge in [-0.15, -0.1) is 0 Å². The molecule has 0 saturated carbocycles. The van der Waals surface area contributed by atoms with Crippen LogP contribution in [0.2, 0.25) is 0 Å². The van der Waals surface area contributed by atoms with E-state index >= 15 is 0 Å². The fourth-order valence-corrected chi connectivity index (χ4v) is 1.82. The molecule has 4 nitrogen and oxygen atoms in total. The van der Waals surface area contributed by atoms with Crippen molar-refractivity contribution in [1.29, 1.82) is 0 Å². The molecular formula is C6H13NO3S. The van der Waals surface area contributed by atoms with Gasteiger partial charge in [0.2, 0.25) is 10.0 Å². The van der Waals surface area contributed by atoms with Crippen LogP contribution in [0.15, 0.2) is 0 Å². The van der Waals surface area contributed by atoms with E-state index < -0.39 is 14.8 Å². The Bertz CT molecular complexity index is 228. The van der Waals surface area contributed by atoms with Gasteiger partial charge in [0.1, 0.15) is 0 Å². The standard InChI is InChI=1S/C6H13NO3S/c1-6(11(7,8)9)2-4-10-5-3-6/h2-5H2,1H3,(H2,7,8,9). The molecule has 0 amide bonds. The van der Waals surface area contributed by atoms with Gasteiger partial charge in [-0.05, 0) is 19.8 Å². The summed E-state index contributed by atoms with van der Waals surface area (Å²) in [4.78, 5) is 0. The van der Waals surface area contributed by atoms with E-state index in [2.05, 4.69) is 0 Å². The second kappa shape index (κ2) is 2.73. The van der Waals surface area contributed by atoms with Crippen LogP contribution in [0.3, 0.4) is 0 Å². The van der Waals surface area contributed by atoms with Gasteiger partial charge in [-0.25, -0.2) is 13.6 Å². The van der Waals surface area contributed by atoms with E-state index in [1.807, 2.05) is 0 Å². The van der Waals surface area contributed by atoms with Crippen LogP contribution in [0.1, 0.15) is 19.8 Å². The van der Waals surface area contributed by atoms with Crippen molar-refractivity contribution in [3.05, 3.63) is 0 Å². The maximum absolute atomic E-state index is 11.0. The average molecular weight is 179 g/mol. The average Bonchev–Trinajstić information content (AvgIpc) is 1.87. The first-order valence-electron chi connectivity index (χ1n) is 3.56. The molecule has 0 bridgehead atoms. The highest BCUT2D eigenvalue weighted by molar-refractivity contribution is 7.90. The maximum Gasteiger partial charge on any atom is 0.214 e. The number of primary sulfonamides is 1. The smallest absolute Gasteiger partial charge is 0.214 e. The number of nitrogens with two attached hydrogens (primary N) is 1. The van der Waals surface area contributed by atoms with Crippen LogP contribution in [0.4, 0.5) is 0 Å². The lowest BCUT2D eigenvalue weighted by Gasteiger charge is -2.30. The van der Waals surface area contributed by atoms with Gasteiger partial charge in [0.05, 0.1) is 4.75 Å². The van der Waals surface area contributed by atoms with Crippen LogP contribution in [0.5, 0.6) is 0 Å². The molecule has 0 aromatic heterocycles. The van der Waals surface area contributed by atoms with Gasteiger partial charge in [0.15, 0.2) is 0 Å². The van der Waals surface area contributed by atoms with Crippen LogP contribution < -0.4 is 5.14 Å². The van der Waals surface area contributed by atoms with E-state index in [-0.39, 0.29) is 0 Å². The normalized spacial score (nSPS) is 24.9. The lowest BCUT2D eigenvalue weighted by Crippen LogP contribution is -2.44. The fraction of sp³-hybridized carbons (Fsp3) is 1.00. The lowest BCUT2D eigenvalue weighted by atomic mass is 10.0. The summed E-state index contributed by atoms with van der Waals surface area (Å²) < 4.78 is 26.3. The molecule has 0 radical (unpaired) electrons. The third kappa shape index (κ3) is 1.72. The molecule has 1 heterocycles. The minimum Gasteiger partial charge on any atom is -0.381 e. The van der Waals surface area contributed by atoms with Crippen LogP contribution in [0.25, 0.3) is 0 Å². The van der Waals surface area contributed by atoms with Crippen molar-refractivity contribution in [2.24, 2.45) is 5.14 Å². The molecule has 0 spiro atoms. The molecular weight excluding hydrogens is 166 g/mol. The predicted octanol–water partition coefficient (Wildman–Crippen LogP) is -0.156. The number of hydrogen-bond donors (Lipinski definition) is 1. The summed E-state index contributed by atoms with van der Waals surface area (Å²) in [6.45, 7) is 2.66. The Balaban J connectivity index is 2.81. The molecule has 0 unspecified atom stereocenters. The second-order valence-electron chi connectivity index (χ2n) is 3.11. The SMILES string of the molecule is CC1(S(N)(=O)=O)CCOCC1. The van der Waals surface area contributed by atoms with E-state index in [0.29, 0.717) is 26.1 Å². The fourth-order valence-electron chi connectivity index (χ4n) is 1.09. The third-order valence-corrected chi connectivity index (χ3v) is 4.02. The summed E-state index contributed by atoms with van der Waals surface area (Å²) in [7, 11) is -3.41. The molecule has 2 N–H and O–H groups in total. The molecule has 5 heteroatoms. The maximum atomic E-state index is 11.0. The molecule has 1 aliphatic rings. The predicted molar refractivity (Wildman–Crippen MR) is 41.6 cm³/mol. The number of hydrogen-bond acceptors (Lipinski definition) is 3. The van der Waals surface area contributed by atoms with Crippen LogP contribution in [0, 0.1) is 0 Å². The van der Waals surface area contributed by atoms with Crippen LogP contribution in [-0.2, 0) is 14.8 Å². The highest BCUT2D eigenvalue weighted by Crippen LogP contribution is 2.26. The molecule has 1 rings (SSSR count). The molecule has 0 aromatic carbocycles. The lowest BCUT2D eigenvalue weighted by molar-refractivity contribution is 0.0789.